The SMILES string of the molecule is O=C(CCN1CCc2ccccc21)NCc1cccnc1. The highest BCUT2D eigenvalue weighted by Crippen LogP contribution is 2.27. The van der Waals surface area contributed by atoms with Crippen molar-refractivity contribution < 1.29 is 4.79 Å². The molecule has 0 spiro atoms. The van der Waals surface area contributed by atoms with Crippen LogP contribution in [0.25, 0.3) is 0 Å². The zero-order valence-corrected chi connectivity index (χ0v) is 12.0. The molecule has 1 aliphatic heterocycles. The Labute approximate surface area is 124 Å². The Bertz CT molecular complexity index is 612. The number of amides is 1. The molecule has 3 rings (SSSR count). The molecular weight excluding hydrogens is 262 g/mol. The third kappa shape index (κ3) is 3.40. The predicted octanol–water partition coefficient (Wildman–Crippen LogP) is 2.15. The van der Waals surface area contributed by atoms with Crippen molar-refractivity contribution in [1.82, 2.24) is 10.3 Å². The van der Waals surface area contributed by atoms with Crippen LogP contribution in [0.4, 0.5) is 5.69 Å². The van der Waals surface area contributed by atoms with Crippen LogP contribution in [0.3, 0.4) is 0 Å². The maximum Gasteiger partial charge on any atom is 0.222 e. The van der Waals surface area contributed by atoms with Crippen LogP contribution in [0.5, 0.6) is 0 Å². The second-order valence-electron chi connectivity index (χ2n) is 5.25. The second kappa shape index (κ2) is 6.39. The van der Waals surface area contributed by atoms with Gasteiger partial charge in [-0.15, -0.1) is 0 Å². The van der Waals surface area contributed by atoms with Gasteiger partial charge in [0.05, 0.1) is 0 Å². The van der Waals surface area contributed by atoms with E-state index in [0.29, 0.717) is 13.0 Å². The van der Waals surface area contributed by atoms with Crippen LogP contribution in [-0.2, 0) is 17.8 Å². The van der Waals surface area contributed by atoms with Crippen molar-refractivity contribution in [2.75, 3.05) is 18.0 Å². The number of nitrogens with one attached hydrogen (secondary N) is 1. The molecule has 0 saturated heterocycles. The van der Waals surface area contributed by atoms with Crippen LogP contribution >= 0.6 is 0 Å². The summed E-state index contributed by atoms with van der Waals surface area (Å²) in [5.74, 6) is 0.0863. The van der Waals surface area contributed by atoms with Gasteiger partial charge in [-0.3, -0.25) is 9.78 Å². The third-order valence-electron chi connectivity index (χ3n) is 3.80. The van der Waals surface area contributed by atoms with Crippen molar-refractivity contribution in [1.29, 1.82) is 0 Å². The van der Waals surface area contributed by atoms with Gasteiger partial charge in [-0.2, -0.15) is 0 Å². The summed E-state index contributed by atoms with van der Waals surface area (Å²) in [4.78, 5) is 18.3. The lowest BCUT2D eigenvalue weighted by molar-refractivity contribution is -0.121. The van der Waals surface area contributed by atoms with E-state index in [9.17, 15) is 4.79 Å². The van der Waals surface area contributed by atoms with Crippen LogP contribution in [-0.4, -0.2) is 24.0 Å². The number of rotatable bonds is 5. The van der Waals surface area contributed by atoms with Gasteiger partial charge in [0.25, 0.3) is 0 Å². The van der Waals surface area contributed by atoms with Gasteiger partial charge >= 0.3 is 0 Å². The minimum atomic E-state index is 0.0863. The van der Waals surface area contributed by atoms with Gasteiger partial charge in [-0.1, -0.05) is 24.3 Å². The molecule has 0 radical (unpaired) electrons. The molecule has 0 bridgehead atoms. The Morgan fingerprint density at radius 3 is 3.00 bits per heavy atom. The molecule has 0 fully saturated rings. The highest BCUT2D eigenvalue weighted by molar-refractivity contribution is 5.76. The largest absolute Gasteiger partial charge is 0.370 e. The van der Waals surface area contributed by atoms with E-state index >= 15 is 0 Å². The summed E-state index contributed by atoms with van der Waals surface area (Å²) in [7, 11) is 0. The van der Waals surface area contributed by atoms with E-state index in [4.69, 9.17) is 0 Å². The predicted molar refractivity (Wildman–Crippen MR) is 83.1 cm³/mol. The molecule has 0 saturated carbocycles. The zero-order valence-electron chi connectivity index (χ0n) is 12.0. The first-order valence-electron chi connectivity index (χ1n) is 7.31. The fourth-order valence-electron chi connectivity index (χ4n) is 2.67. The maximum atomic E-state index is 11.9. The maximum absolute atomic E-state index is 11.9. The van der Waals surface area contributed by atoms with Gasteiger partial charge in [0.2, 0.25) is 5.91 Å². The average molecular weight is 281 g/mol. The molecule has 108 valence electrons. The summed E-state index contributed by atoms with van der Waals surface area (Å²) in [6, 6.07) is 12.3. The van der Waals surface area contributed by atoms with Crippen molar-refractivity contribution in [3.8, 4) is 0 Å². The molecule has 1 amide bonds. The third-order valence-corrected chi connectivity index (χ3v) is 3.80. The Morgan fingerprint density at radius 2 is 2.14 bits per heavy atom. The summed E-state index contributed by atoms with van der Waals surface area (Å²) < 4.78 is 0. The molecule has 1 aromatic carbocycles. The fourth-order valence-corrected chi connectivity index (χ4v) is 2.67. The number of hydrogen-bond donors (Lipinski definition) is 1. The van der Waals surface area contributed by atoms with Crippen LogP contribution in [0, 0.1) is 0 Å². The van der Waals surface area contributed by atoms with Crippen LogP contribution in [0.2, 0.25) is 0 Å². The van der Waals surface area contributed by atoms with E-state index in [1.165, 1.54) is 11.3 Å². The van der Waals surface area contributed by atoms with Gasteiger partial charge in [0, 0.05) is 44.1 Å². The molecule has 0 atom stereocenters. The minimum absolute atomic E-state index is 0.0863. The normalized spacial score (nSPS) is 13.0. The highest BCUT2D eigenvalue weighted by atomic mass is 16.1. The van der Waals surface area contributed by atoms with Gasteiger partial charge in [-0.25, -0.2) is 0 Å². The van der Waals surface area contributed by atoms with E-state index in [-0.39, 0.29) is 5.91 Å². The number of aromatic nitrogens is 1. The van der Waals surface area contributed by atoms with E-state index in [1.807, 2.05) is 12.1 Å². The summed E-state index contributed by atoms with van der Waals surface area (Å²) in [6.07, 6.45) is 5.11. The summed E-state index contributed by atoms with van der Waals surface area (Å²) in [5.41, 5.74) is 3.68. The zero-order chi connectivity index (χ0) is 14.5. The number of nitrogens with zero attached hydrogens (tertiary/aromatic N) is 2. The summed E-state index contributed by atoms with van der Waals surface area (Å²) >= 11 is 0. The average Bonchev–Trinajstić information content (AvgIpc) is 2.95. The second-order valence-corrected chi connectivity index (χ2v) is 5.25. The molecule has 0 aliphatic carbocycles. The molecule has 4 heteroatoms. The van der Waals surface area contributed by atoms with E-state index in [0.717, 1.165) is 25.1 Å². The molecule has 1 aliphatic rings. The monoisotopic (exact) mass is 281 g/mol. The number of carbonyl (C=O) groups is 1. The molecule has 2 aromatic rings. The lowest BCUT2D eigenvalue weighted by Gasteiger charge is -2.18. The number of fused-ring (bicyclic) bond motifs is 1. The number of hydrogen-bond acceptors (Lipinski definition) is 3. The molecular formula is C17H19N3O. The number of anilines is 1. The first-order chi connectivity index (χ1) is 10.3. The number of para-hydroxylation sites is 1. The van der Waals surface area contributed by atoms with E-state index in [1.54, 1.807) is 12.4 Å². The first-order valence-corrected chi connectivity index (χ1v) is 7.31. The van der Waals surface area contributed by atoms with Crippen molar-refractivity contribution in [3.63, 3.8) is 0 Å². The fraction of sp³-hybridized carbons (Fsp3) is 0.294. The lowest BCUT2D eigenvalue weighted by atomic mass is 10.2. The standard InChI is InChI=1S/C17H19N3O/c21-17(19-13-14-4-3-9-18-12-14)8-11-20-10-7-15-5-1-2-6-16(15)20/h1-6,9,12H,7-8,10-11,13H2,(H,19,21). The van der Waals surface area contributed by atoms with Crippen LogP contribution < -0.4 is 10.2 Å². The van der Waals surface area contributed by atoms with Crippen LogP contribution in [0.15, 0.2) is 48.8 Å². The van der Waals surface area contributed by atoms with E-state index < -0.39 is 0 Å². The molecule has 1 N–H and O–H groups in total. The minimum Gasteiger partial charge on any atom is -0.370 e. The van der Waals surface area contributed by atoms with Crippen molar-refractivity contribution in [2.45, 2.75) is 19.4 Å². The van der Waals surface area contributed by atoms with Gasteiger partial charge in [-0.05, 0) is 29.7 Å². The first kappa shape index (κ1) is 13.6. The van der Waals surface area contributed by atoms with Gasteiger partial charge in [0.1, 0.15) is 0 Å². The van der Waals surface area contributed by atoms with Crippen LogP contribution in [0.1, 0.15) is 17.5 Å². The molecule has 4 nitrogen and oxygen atoms in total. The van der Waals surface area contributed by atoms with Crippen molar-refractivity contribution >= 4 is 11.6 Å². The number of pyridine rings is 1. The molecule has 21 heavy (non-hydrogen) atoms. The number of carbonyl (C=O) groups excluding carboxylic acids is 1. The smallest absolute Gasteiger partial charge is 0.222 e. The highest BCUT2D eigenvalue weighted by Gasteiger charge is 2.18. The van der Waals surface area contributed by atoms with Gasteiger partial charge in [0.15, 0.2) is 0 Å². The van der Waals surface area contributed by atoms with E-state index in [2.05, 4.69) is 39.5 Å². The quantitative estimate of drug-likeness (QED) is 0.913. The molecule has 0 unspecified atom stereocenters. The Balaban J connectivity index is 1.47. The van der Waals surface area contributed by atoms with Gasteiger partial charge < -0.3 is 10.2 Å². The Morgan fingerprint density at radius 1 is 1.24 bits per heavy atom. The summed E-state index contributed by atoms with van der Waals surface area (Å²) in [5, 5.41) is 2.94. The lowest BCUT2D eigenvalue weighted by Crippen LogP contribution is -2.29. The molecule has 1 aromatic heterocycles. The summed E-state index contributed by atoms with van der Waals surface area (Å²) in [6.45, 7) is 2.33. The number of benzene rings is 1. The Kier molecular flexibility index (Phi) is 4.15. The Hall–Kier alpha value is -2.36. The van der Waals surface area contributed by atoms with Crippen molar-refractivity contribution in [2.24, 2.45) is 0 Å². The molecule has 2 heterocycles. The topological polar surface area (TPSA) is 45.2 Å². The van der Waals surface area contributed by atoms with Crippen molar-refractivity contribution in [3.05, 3.63) is 59.9 Å².